The second-order valence-corrected chi connectivity index (χ2v) is 9.57. The van der Waals surface area contributed by atoms with Gasteiger partial charge in [0.05, 0.1) is 4.90 Å². The molecule has 0 bridgehead atoms. The fourth-order valence-electron chi connectivity index (χ4n) is 4.37. The van der Waals surface area contributed by atoms with E-state index in [9.17, 15) is 22.4 Å². The van der Waals surface area contributed by atoms with Crippen LogP contribution in [0.2, 0.25) is 0 Å². The van der Waals surface area contributed by atoms with Gasteiger partial charge in [-0.25, -0.2) is 22.3 Å². The Kier molecular flexibility index (Phi) is 5.11. The number of aryl methyl sites for hydroxylation is 1. The minimum atomic E-state index is -3.81. The van der Waals surface area contributed by atoms with Gasteiger partial charge in [-0.3, -0.25) is 10.1 Å². The zero-order valence-corrected chi connectivity index (χ0v) is 17.2. The van der Waals surface area contributed by atoms with Crippen LogP contribution in [0.5, 0.6) is 0 Å². The molecule has 2 fully saturated rings. The van der Waals surface area contributed by atoms with Gasteiger partial charge in [0.15, 0.2) is 0 Å². The zero-order valence-electron chi connectivity index (χ0n) is 16.4. The molecule has 2 aromatic carbocycles. The predicted molar refractivity (Wildman–Crippen MR) is 109 cm³/mol. The molecular weight excluding hydrogens is 409 g/mol. The SMILES string of the molecule is Cc1cc(S(=O)(=O)NCC2CCCC23NC(=O)NC3=O)ccc1-c1ccc(F)cc1. The highest BCUT2D eigenvalue weighted by atomic mass is 32.2. The van der Waals surface area contributed by atoms with Gasteiger partial charge in [-0.1, -0.05) is 24.6 Å². The Morgan fingerprint density at radius 1 is 1.17 bits per heavy atom. The number of halogens is 1. The third-order valence-electron chi connectivity index (χ3n) is 5.97. The van der Waals surface area contributed by atoms with Gasteiger partial charge >= 0.3 is 6.03 Å². The summed E-state index contributed by atoms with van der Waals surface area (Å²) < 4.78 is 41.4. The first-order valence-electron chi connectivity index (χ1n) is 9.71. The summed E-state index contributed by atoms with van der Waals surface area (Å²) in [6.07, 6.45) is 1.85. The predicted octanol–water partition coefficient (Wildman–Crippen LogP) is 2.46. The Balaban J connectivity index is 1.51. The monoisotopic (exact) mass is 431 g/mol. The number of sulfonamides is 1. The summed E-state index contributed by atoms with van der Waals surface area (Å²) in [5.41, 5.74) is 1.31. The average Bonchev–Trinajstić information content (AvgIpc) is 3.23. The molecule has 0 radical (unpaired) electrons. The third-order valence-corrected chi connectivity index (χ3v) is 7.39. The van der Waals surface area contributed by atoms with E-state index in [1.165, 1.54) is 18.2 Å². The molecule has 1 spiro atoms. The number of benzene rings is 2. The van der Waals surface area contributed by atoms with Crippen LogP contribution in [0.15, 0.2) is 47.4 Å². The number of urea groups is 1. The third kappa shape index (κ3) is 3.59. The summed E-state index contributed by atoms with van der Waals surface area (Å²) in [5, 5.41) is 4.93. The molecule has 1 heterocycles. The van der Waals surface area contributed by atoms with Crippen molar-refractivity contribution in [2.24, 2.45) is 5.92 Å². The Bertz CT molecular complexity index is 1120. The van der Waals surface area contributed by atoms with E-state index in [-0.39, 0.29) is 23.2 Å². The summed E-state index contributed by atoms with van der Waals surface area (Å²) in [5.74, 6) is -1.05. The van der Waals surface area contributed by atoms with Crippen LogP contribution in [0.1, 0.15) is 24.8 Å². The van der Waals surface area contributed by atoms with Gasteiger partial charge in [-0.05, 0) is 60.7 Å². The van der Waals surface area contributed by atoms with Gasteiger partial charge in [0.25, 0.3) is 5.91 Å². The minimum absolute atomic E-state index is 0.0504. The van der Waals surface area contributed by atoms with E-state index in [2.05, 4.69) is 15.4 Å². The van der Waals surface area contributed by atoms with Crippen molar-refractivity contribution in [1.29, 1.82) is 0 Å². The minimum Gasteiger partial charge on any atom is -0.323 e. The average molecular weight is 431 g/mol. The molecule has 2 atom stereocenters. The lowest BCUT2D eigenvalue weighted by Gasteiger charge is -2.28. The number of hydrogen-bond acceptors (Lipinski definition) is 4. The molecule has 1 aliphatic heterocycles. The van der Waals surface area contributed by atoms with E-state index in [4.69, 9.17) is 0 Å². The number of hydrogen-bond donors (Lipinski definition) is 3. The van der Waals surface area contributed by atoms with E-state index >= 15 is 0 Å². The van der Waals surface area contributed by atoms with Gasteiger partial charge in [0.2, 0.25) is 10.0 Å². The van der Waals surface area contributed by atoms with Crippen molar-refractivity contribution in [1.82, 2.24) is 15.4 Å². The lowest BCUT2D eigenvalue weighted by molar-refractivity contribution is -0.125. The van der Waals surface area contributed by atoms with Gasteiger partial charge < -0.3 is 5.32 Å². The first kappa shape index (κ1) is 20.5. The van der Waals surface area contributed by atoms with Gasteiger partial charge in [-0.2, -0.15) is 0 Å². The molecule has 30 heavy (non-hydrogen) atoms. The molecule has 4 rings (SSSR count). The molecule has 3 N–H and O–H groups in total. The van der Waals surface area contributed by atoms with Crippen molar-refractivity contribution in [2.75, 3.05) is 6.54 Å². The Labute approximate surface area is 174 Å². The van der Waals surface area contributed by atoms with Crippen molar-refractivity contribution < 1.29 is 22.4 Å². The smallest absolute Gasteiger partial charge is 0.322 e. The number of amides is 3. The van der Waals surface area contributed by atoms with Crippen molar-refractivity contribution >= 4 is 22.0 Å². The fraction of sp³-hybridized carbons (Fsp3) is 0.333. The van der Waals surface area contributed by atoms with Crippen LogP contribution in [-0.4, -0.2) is 32.4 Å². The quantitative estimate of drug-likeness (QED) is 0.633. The van der Waals surface area contributed by atoms with Crippen LogP contribution in [0, 0.1) is 18.7 Å². The van der Waals surface area contributed by atoms with Gasteiger partial charge in [-0.15, -0.1) is 0 Å². The lowest BCUT2D eigenvalue weighted by Crippen LogP contribution is -2.53. The summed E-state index contributed by atoms with van der Waals surface area (Å²) in [6.45, 7) is 1.84. The van der Waals surface area contributed by atoms with Crippen molar-refractivity contribution in [3.8, 4) is 11.1 Å². The maximum atomic E-state index is 13.2. The van der Waals surface area contributed by atoms with Crippen LogP contribution in [-0.2, 0) is 14.8 Å². The van der Waals surface area contributed by atoms with Crippen molar-refractivity contribution in [3.05, 3.63) is 53.8 Å². The summed E-state index contributed by atoms with van der Waals surface area (Å²) in [4.78, 5) is 24.0. The van der Waals surface area contributed by atoms with Crippen molar-refractivity contribution in [3.63, 3.8) is 0 Å². The molecule has 1 saturated carbocycles. The molecule has 2 aliphatic rings. The lowest BCUT2D eigenvalue weighted by atomic mass is 9.87. The van der Waals surface area contributed by atoms with E-state index in [0.29, 0.717) is 12.8 Å². The molecule has 0 aromatic heterocycles. The summed E-state index contributed by atoms with van der Waals surface area (Å²) in [6, 6.07) is 10.2. The first-order valence-corrected chi connectivity index (χ1v) is 11.2. The van der Waals surface area contributed by atoms with Gasteiger partial charge in [0, 0.05) is 12.5 Å². The van der Waals surface area contributed by atoms with Crippen LogP contribution in [0.4, 0.5) is 9.18 Å². The number of carbonyl (C=O) groups is 2. The zero-order chi connectivity index (χ0) is 21.5. The van der Waals surface area contributed by atoms with Crippen LogP contribution in [0.25, 0.3) is 11.1 Å². The summed E-state index contributed by atoms with van der Waals surface area (Å²) >= 11 is 0. The second kappa shape index (κ2) is 7.48. The number of rotatable bonds is 5. The molecule has 1 saturated heterocycles. The highest BCUT2D eigenvalue weighted by molar-refractivity contribution is 7.89. The van der Waals surface area contributed by atoms with Gasteiger partial charge in [0.1, 0.15) is 11.4 Å². The Morgan fingerprint density at radius 2 is 1.90 bits per heavy atom. The topological polar surface area (TPSA) is 104 Å². The summed E-state index contributed by atoms with van der Waals surface area (Å²) in [7, 11) is -3.81. The molecule has 7 nitrogen and oxygen atoms in total. The molecule has 3 amide bonds. The van der Waals surface area contributed by atoms with Crippen LogP contribution >= 0.6 is 0 Å². The van der Waals surface area contributed by atoms with Crippen LogP contribution in [0.3, 0.4) is 0 Å². The van der Waals surface area contributed by atoms with E-state index in [1.807, 2.05) is 0 Å². The molecule has 2 aromatic rings. The first-order chi connectivity index (χ1) is 14.2. The Morgan fingerprint density at radius 3 is 2.53 bits per heavy atom. The largest absolute Gasteiger partial charge is 0.323 e. The molecule has 158 valence electrons. The van der Waals surface area contributed by atoms with Crippen LogP contribution < -0.4 is 15.4 Å². The van der Waals surface area contributed by atoms with E-state index in [0.717, 1.165) is 23.1 Å². The maximum Gasteiger partial charge on any atom is 0.322 e. The molecular formula is C21H22FN3O4S. The number of nitrogens with one attached hydrogen (secondary N) is 3. The molecule has 2 unspecified atom stereocenters. The number of imide groups is 1. The molecule has 9 heteroatoms. The maximum absolute atomic E-state index is 13.2. The fourth-order valence-corrected chi connectivity index (χ4v) is 5.54. The van der Waals surface area contributed by atoms with E-state index in [1.54, 1.807) is 31.2 Å². The van der Waals surface area contributed by atoms with E-state index < -0.39 is 27.5 Å². The second-order valence-electron chi connectivity index (χ2n) is 7.80. The molecule has 1 aliphatic carbocycles. The normalized spacial score (nSPS) is 23.6. The standard InChI is InChI=1S/C21H22FN3O4S/c1-13-11-17(8-9-18(13)14-4-6-16(22)7-5-14)30(28,29)23-12-15-3-2-10-21(15)19(26)24-20(27)25-21/h4-9,11,15,23H,2-3,10,12H2,1H3,(H2,24,25,26,27). The van der Waals surface area contributed by atoms with Crippen molar-refractivity contribution in [2.45, 2.75) is 36.6 Å². The number of carbonyl (C=O) groups excluding carboxylic acids is 2. The highest BCUT2D eigenvalue weighted by Gasteiger charge is 2.54. The highest BCUT2D eigenvalue weighted by Crippen LogP contribution is 2.37. The Hall–Kier alpha value is -2.78.